The minimum Gasteiger partial charge on any atom is -0.469 e. The number of furan rings is 1. The van der Waals surface area contributed by atoms with Crippen molar-refractivity contribution in [2.45, 2.75) is 12.8 Å². The highest BCUT2D eigenvalue weighted by Crippen LogP contribution is 2.15. The molecule has 88 valence electrons. The minimum absolute atomic E-state index is 0.0192. The number of Topliss-reactive ketones (excluding diaryl/α,β-unsaturated/α-hetero) is 1. The highest BCUT2D eigenvalue weighted by atomic mass is 19.1. The van der Waals surface area contributed by atoms with Crippen LogP contribution in [-0.2, 0) is 6.42 Å². The molecule has 0 amide bonds. The molecular weight excluding hydrogens is 226 g/mol. The second kappa shape index (κ2) is 4.91. The summed E-state index contributed by atoms with van der Waals surface area (Å²) in [6.45, 7) is 0. The van der Waals surface area contributed by atoms with Gasteiger partial charge in [0.15, 0.2) is 5.78 Å². The molecule has 0 spiro atoms. The lowest BCUT2D eigenvalue weighted by Crippen LogP contribution is -2.06. The van der Waals surface area contributed by atoms with E-state index >= 15 is 0 Å². The molecule has 1 heterocycles. The number of hydrogen-bond donors (Lipinski definition) is 0. The molecule has 17 heavy (non-hydrogen) atoms. The van der Waals surface area contributed by atoms with Crippen LogP contribution in [0.3, 0.4) is 0 Å². The van der Waals surface area contributed by atoms with Crippen molar-refractivity contribution < 1.29 is 18.0 Å². The van der Waals surface area contributed by atoms with E-state index < -0.39 is 23.0 Å². The predicted molar refractivity (Wildman–Crippen MR) is 57.7 cm³/mol. The molecule has 0 aliphatic heterocycles. The highest BCUT2D eigenvalue weighted by Gasteiger charge is 2.16. The number of carbonyl (C=O) groups excluding carboxylic acids is 1. The summed E-state index contributed by atoms with van der Waals surface area (Å²) >= 11 is 0. The average molecular weight is 236 g/mol. The van der Waals surface area contributed by atoms with Gasteiger partial charge in [-0.1, -0.05) is 6.07 Å². The lowest BCUT2D eigenvalue weighted by atomic mass is 10.0. The lowest BCUT2D eigenvalue weighted by Gasteiger charge is -2.02. The van der Waals surface area contributed by atoms with Gasteiger partial charge in [-0.15, -0.1) is 0 Å². The van der Waals surface area contributed by atoms with Crippen molar-refractivity contribution >= 4 is 5.78 Å². The van der Waals surface area contributed by atoms with Crippen LogP contribution in [0.1, 0.15) is 22.5 Å². The third-order valence-corrected chi connectivity index (χ3v) is 2.42. The quantitative estimate of drug-likeness (QED) is 0.762. The van der Waals surface area contributed by atoms with Crippen LogP contribution in [0.15, 0.2) is 41.0 Å². The summed E-state index contributed by atoms with van der Waals surface area (Å²) in [4.78, 5) is 11.7. The maximum Gasteiger partial charge on any atom is 0.169 e. The van der Waals surface area contributed by atoms with Gasteiger partial charge in [0.25, 0.3) is 0 Å². The highest BCUT2D eigenvalue weighted by molar-refractivity contribution is 5.96. The molecule has 2 aromatic rings. The van der Waals surface area contributed by atoms with Crippen molar-refractivity contribution in [3.8, 4) is 0 Å². The Kier molecular flexibility index (Phi) is 3.32. The molecule has 0 aliphatic carbocycles. The summed E-state index contributed by atoms with van der Waals surface area (Å²) in [7, 11) is 0. The van der Waals surface area contributed by atoms with Crippen LogP contribution in [-0.4, -0.2) is 5.78 Å². The van der Waals surface area contributed by atoms with E-state index in [1.54, 1.807) is 12.1 Å². The summed E-state index contributed by atoms with van der Waals surface area (Å²) in [6, 6.07) is 6.79. The number of aryl methyl sites for hydroxylation is 1. The molecule has 0 N–H and O–H groups in total. The van der Waals surface area contributed by atoms with Crippen molar-refractivity contribution in [2.24, 2.45) is 0 Å². The van der Waals surface area contributed by atoms with E-state index in [2.05, 4.69) is 0 Å². The SMILES string of the molecule is O=C(CCc1ccco1)c1c(F)cccc1F. The van der Waals surface area contributed by atoms with Gasteiger partial charge in [0, 0.05) is 12.8 Å². The zero-order chi connectivity index (χ0) is 12.3. The second-order valence-corrected chi connectivity index (χ2v) is 3.60. The fraction of sp³-hybridized carbons (Fsp3) is 0.154. The van der Waals surface area contributed by atoms with E-state index in [1.807, 2.05) is 0 Å². The van der Waals surface area contributed by atoms with Gasteiger partial charge >= 0.3 is 0 Å². The Morgan fingerprint density at radius 3 is 2.41 bits per heavy atom. The zero-order valence-electron chi connectivity index (χ0n) is 8.95. The van der Waals surface area contributed by atoms with E-state index in [9.17, 15) is 13.6 Å². The molecule has 2 rings (SSSR count). The number of halogens is 2. The predicted octanol–water partition coefficient (Wildman–Crippen LogP) is 3.37. The smallest absolute Gasteiger partial charge is 0.169 e. The van der Waals surface area contributed by atoms with Gasteiger partial charge in [-0.25, -0.2) is 8.78 Å². The Morgan fingerprint density at radius 2 is 1.82 bits per heavy atom. The monoisotopic (exact) mass is 236 g/mol. The number of hydrogen-bond acceptors (Lipinski definition) is 2. The molecule has 1 aromatic heterocycles. The van der Waals surface area contributed by atoms with Crippen LogP contribution in [0.2, 0.25) is 0 Å². The topological polar surface area (TPSA) is 30.2 Å². The fourth-order valence-electron chi connectivity index (χ4n) is 1.58. The number of rotatable bonds is 4. The van der Waals surface area contributed by atoms with Gasteiger partial charge in [0.1, 0.15) is 17.4 Å². The van der Waals surface area contributed by atoms with E-state index in [1.165, 1.54) is 12.3 Å². The van der Waals surface area contributed by atoms with Gasteiger partial charge in [-0.2, -0.15) is 0 Å². The third kappa shape index (κ3) is 2.58. The summed E-state index contributed by atoms with van der Waals surface area (Å²) in [6.07, 6.45) is 1.84. The van der Waals surface area contributed by atoms with Crippen LogP contribution >= 0.6 is 0 Å². The van der Waals surface area contributed by atoms with Crippen LogP contribution in [0, 0.1) is 11.6 Å². The molecule has 0 bridgehead atoms. The Hall–Kier alpha value is -1.97. The first-order chi connectivity index (χ1) is 8.18. The van der Waals surface area contributed by atoms with Crippen molar-refractivity contribution in [2.75, 3.05) is 0 Å². The lowest BCUT2D eigenvalue weighted by molar-refractivity contribution is 0.0972. The molecule has 0 saturated heterocycles. The Balaban J connectivity index is 2.10. The number of ketones is 1. The first-order valence-corrected chi connectivity index (χ1v) is 5.18. The van der Waals surface area contributed by atoms with Crippen LogP contribution < -0.4 is 0 Å². The molecule has 0 saturated carbocycles. The Morgan fingerprint density at radius 1 is 1.12 bits per heavy atom. The molecule has 0 unspecified atom stereocenters. The molecule has 0 radical (unpaired) electrons. The first kappa shape index (κ1) is 11.5. The summed E-state index contributed by atoms with van der Waals surface area (Å²) in [5.74, 6) is -1.59. The number of benzene rings is 1. The number of carbonyl (C=O) groups is 1. The maximum absolute atomic E-state index is 13.3. The second-order valence-electron chi connectivity index (χ2n) is 3.60. The van der Waals surface area contributed by atoms with Gasteiger partial charge in [-0.05, 0) is 24.3 Å². The van der Waals surface area contributed by atoms with E-state index in [4.69, 9.17) is 4.42 Å². The van der Waals surface area contributed by atoms with Crippen molar-refractivity contribution in [1.29, 1.82) is 0 Å². The van der Waals surface area contributed by atoms with E-state index in [-0.39, 0.29) is 6.42 Å². The molecule has 1 aromatic carbocycles. The van der Waals surface area contributed by atoms with Crippen LogP contribution in [0.25, 0.3) is 0 Å². The van der Waals surface area contributed by atoms with Gasteiger partial charge in [-0.3, -0.25) is 4.79 Å². The van der Waals surface area contributed by atoms with Crippen molar-refractivity contribution in [1.82, 2.24) is 0 Å². The fourth-order valence-corrected chi connectivity index (χ4v) is 1.58. The normalized spacial score (nSPS) is 10.5. The van der Waals surface area contributed by atoms with Gasteiger partial charge in [0.2, 0.25) is 0 Å². The minimum atomic E-state index is -0.825. The van der Waals surface area contributed by atoms with Crippen molar-refractivity contribution in [3.05, 3.63) is 59.6 Å². The summed E-state index contributed by atoms with van der Waals surface area (Å²) < 4.78 is 31.6. The maximum atomic E-state index is 13.3. The van der Waals surface area contributed by atoms with Gasteiger partial charge < -0.3 is 4.42 Å². The molecule has 4 heteroatoms. The molecular formula is C13H10F2O2. The van der Waals surface area contributed by atoms with E-state index in [0.717, 1.165) is 12.1 Å². The van der Waals surface area contributed by atoms with Gasteiger partial charge in [0.05, 0.1) is 11.8 Å². The average Bonchev–Trinajstić information content (AvgIpc) is 2.79. The molecule has 2 nitrogen and oxygen atoms in total. The summed E-state index contributed by atoms with van der Waals surface area (Å²) in [5, 5.41) is 0. The van der Waals surface area contributed by atoms with Crippen LogP contribution in [0.4, 0.5) is 8.78 Å². The standard InChI is InChI=1S/C13H10F2O2/c14-10-4-1-5-11(15)13(10)12(16)7-6-9-3-2-8-17-9/h1-5,8H,6-7H2. The zero-order valence-corrected chi connectivity index (χ0v) is 8.95. The molecule has 0 atom stereocenters. The molecule has 0 aliphatic rings. The summed E-state index contributed by atoms with van der Waals surface area (Å²) in [5.41, 5.74) is -0.473. The largest absolute Gasteiger partial charge is 0.469 e. The Bertz CT molecular complexity index is 498. The molecule has 0 fully saturated rings. The first-order valence-electron chi connectivity index (χ1n) is 5.18. The van der Waals surface area contributed by atoms with Crippen molar-refractivity contribution in [3.63, 3.8) is 0 Å². The third-order valence-electron chi connectivity index (χ3n) is 2.42. The Labute approximate surface area is 96.9 Å². The van der Waals surface area contributed by atoms with E-state index in [0.29, 0.717) is 12.2 Å². The van der Waals surface area contributed by atoms with Crippen LogP contribution in [0.5, 0.6) is 0 Å².